The van der Waals surface area contributed by atoms with Gasteiger partial charge in [-0.15, -0.1) is 6.58 Å². The summed E-state index contributed by atoms with van der Waals surface area (Å²) in [5.74, 6) is 0.254. The highest BCUT2D eigenvalue weighted by Crippen LogP contribution is 2.32. The van der Waals surface area contributed by atoms with E-state index in [0.29, 0.717) is 5.56 Å². The Bertz CT molecular complexity index is 487. The first-order chi connectivity index (χ1) is 9.26. The second kappa shape index (κ2) is 6.37. The van der Waals surface area contributed by atoms with Crippen molar-refractivity contribution in [1.82, 2.24) is 10.2 Å². The number of aromatic hydroxyl groups is 1. The number of piperazine rings is 1. The molecular weight excluding hydrogens is 238 g/mol. The van der Waals surface area contributed by atoms with Crippen LogP contribution >= 0.6 is 0 Å². The van der Waals surface area contributed by atoms with E-state index in [0.717, 1.165) is 38.2 Å². The number of benzene rings is 1. The maximum atomic E-state index is 10.1. The number of phenolic OH excluding ortho intramolecular Hbond substituents is 1. The first kappa shape index (κ1) is 13.6. The zero-order valence-electron chi connectivity index (χ0n) is 11.0. The zero-order valence-corrected chi connectivity index (χ0v) is 11.0. The quantitative estimate of drug-likeness (QED) is 0.807. The van der Waals surface area contributed by atoms with Crippen LogP contribution in [-0.4, -0.2) is 36.2 Å². The molecule has 1 saturated heterocycles. The van der Waals surface area contributed by atoms with E-state index in [2.05, 4.69) is 22.9 Å². The molecular formula is C15H19N3O. The van der Waals surface area contributed by atoms with E-state index in [1.165, 1.54) is 0 Å². The van der Waals surface area contributed by atoms with Gasteiger partial charge in [-0.25, -0.2) is 0 Å². The van der Waals surface area contributed by atoms with Crippen LogP contribution < -0.4 is 5.32 Å². The van der Waals surface area contributed by atoms with E-state index in [1.807, 2.05) is 6.08 Å². The average molecular weight is 257 g/mol. The minimum absolute atomic E-state index is 0.0906. The summed E-state index contributed by atoms with van der Waals surface area (Å²) in [6.45, 7) is 7.58. The minimum atomic E-state index is 0.0906. The topological polar surface area (TPSA) is 59.3 Å². The van der Waals surface area contributed by atoms with E-state index in [1.54, 1.807) is 18.2 Å². The Morgan fingerprint density at radius 3 is 2.84 bits per heavy atom. The molecule has 1 aromatic carbocycles. The fourth-order valence-corrected chi connectivity index (χ4v) is 2.52. The summed E-state index contributed by atoms with van der Waals surface area (Å²) in [6.07, 6.45) is 2.63. The maximum Gasteiger partial charge on any atom is 0.120 e. The van der Waals surface area contributed by atoms with Crippen LogP contribution in [0.1, 0.15) is 23.6 Å². The van der Waals surface area contributed by atoms with Gasteiger partial charge in [0.15, 0.2) is 0 Å². The number of hydrogen-bond donors (Lipinski definition) is 2. The molecule has 1 fully saturated rings. The molecule has 1 aliphatic heterocycles. The standard InChI is InChI=1S/C15H19N3O/c1-2-3-14(18-8-6-17-7-9-18)13-10-12(11-16)4-5-15(13)19/h2,4-5,10,14,17,19H,1,3,6-9H2/t14-/m1/s1. The molecule has 0 aromatic heterocycles. The van der Waals surface area contributed by atoms with Crippen LogP contribution in [-0.2, 0) is 0 Å². The summed E-state index contributed by atoms with van der Waals surface area (Å²) in [7, 11) is 0. The normalized spacial score (nSPS) is 17.6. The van der Waals surface area contributed by atoms with Gasteiger partial charge in [0.1, 0.15) is 5.75 Å². The summed E-state index contributed by atoms with van der Waals surface area (Å²) in [5, 5.41) is 22.4. The predicted molar refractivity (Wildman–Crippen MR) is 74.8 cm³/mol. The molecule has 0 spiro atoms. The molecule has 1 heterocycles. The van der Waals surface area contributed by atoms with E-state index < -0.39 is 0 Å². The summed E-state index contributed by atoms with van der Waals surface area (Å²) in [6, 6.07) is 7.24. The molecule has 0 saturated carbocycles. The average Bonchev–Trinajstić information content (AvgIpc) is 2.47. The van der Waals surface area contributed by atoms with Crippen LogP contribution in [0.25, 0.3) is 0 Å². The Balaban J connectivity index is 2.32. The van der Waals surface area contributed by atoms with Gasteiger partial charge in [0.2, 0.25) is 0 Å². The Hall–Kier alpha value is -1.83. The molecule has 4 heteroatoms. The van der Waals surface area contributed by atoms with E-state index in [-0.39, 0.29) is 11.8 Å². The molecule has 2 N–H and O–H groups in total. The predicted octanol–water partition coefficient (Wildman–Crippen LogP) is 1.79. The first-order valence-electron chi connectivity index (χ1n) is 6.55. The van der Waals surface area contributed by atoms with Crippen molar-refractivity contribution in [3.05, 3.63) is 42.0 Å². The lowest BCUT2D eigenvalue weighted by Gasteiger charge is -2.35. The van der Waals surface area contributed by atoms with Gasteiger partial charge in [-0.3, -0.25) is 4.90 Å². The van der Waals surface area contributed by atoms with Gasteiger partial charge < -0.3 is 10.4 Å². The largest absolute Gasteiger partial charge is 0.508 e. The van der Waals surface area contributed by atoms with Crippen molar-refractivity contribution in [3.63, 3.8) is 0 Å². The molecule has 0 unspecified atom stereocenters. The first-order valence-corrected chi connectivity index (χ1v) is 6.55. The molecule has 1 aromatic rings. The van der Waals surface area contributed by atoms with Gasteiger partial charge in [-0.2, -0.15) is 5.26 Å². The van der Waals surface area contributed by atoms with Gasteiger partial charge in [-0.1, -0.05) is 6.08 Å². The molecule has 2 rings (SSSR count). The monoisotopic (exact) mass is 257 g/mol. The Morgan fingerprint density at radius 1 is 1.47 bits per heavy atom. The van der Waals surface area contributed by atoms with Crippen molar-refractivity contribution >= 4 is 0 Å². The molecule has 19 heavy (non-hydrogen) atoms. The van der Waals surface area contributed by atoms with E-state index in [9.17, 15) is 5.11 Å². The lowest BCUT2D eigenvalue weighted by molar-refractivity contribution is 0.172. The van der Waals surface area contributed by atoms with E-state index >= 15 is 0 Å². The van der Waals surface area contributed by atoms with E-state index in [4.69, 9.17) is 5.26 Å². The maximum absolute atomic E-state index is 10.1. The zero-order chi connectivity index (χ0) is 13.7. The SMILES string of the molecule is C=CC[C@H](c1cc(C#N)ccc1O)N1CCNCC1. The summed E-state index contributed by atoms with van der Waals surface area (Å²) in [4.78, 5) is 2.33. The van der Waals surface area contributed by atoms with Crippen LogP contribution in [0.4, 0.5) is 0 Å². The highest BCUT2D eigenvalue weighted by molar-refractivity contribution is 5.43. The summed E-state index contributed by atoms with van der Waals surface area (Å²) < 4.78 is 0. The van der Waals surface area contributed by atoms with Crippen LogP contribution in [0, 0.1) is 11.3 Å². The number of phenols is 1. The third-order valence-corrected chi connectivity index (χ3v) is 3.50. The highest BCUT2D eigenvalue weighted by Gasteiger charge is 2.23. The lowest BCUT2D eigenvalue weighted by Crippen LogP contribution is -2.45. The van der Waals surface area contributed by atoms with Gasteiger partial charge in [0, 0.05) is 37.8 Å². The molecule has 100 valence electrons. The fourth-order valence-electron chi connectivity index (χ4n) is 2.52. The van der Waals surface area contributed by atoms with Crippen LogP contribution in [0.15, 0.2) is 30.9 Å². The second-order valence-corrected chi connectivity index (χ2v) is 4.71. The van der Waals surface area contributed by atoms with Crippen molar-refractivity contribution < 1.29 is 5.11 Å². The molecule has 0 amide bonds. The Labute approximate surface area is 114 Å². The third kappa shape index (κ3) is 3.14. The number of hydrogen-bond acceptors (Lipinski definition) is 4. The summed E-state index contributed by atoms with van der Waals surface area (Å²) >= 11 is 0. The molecule has 1 aliphatic rings. The Morgan fingerprint density at radius 2 is 2.21 bits per heavy atom. The van der Waals surface area contributed by atoms with Crippen molar-refractivity contribution in [1.29, 1.82) is 5.26 Å². The molecule has 0 aliphatic carbocycles. The number of nitrogens with one attached hydrogen (secondary N) is 1. The Kier molecular flexibility index (Phi) is 4.56. The van der Waals surface area contributed by atoms with Crippen molar-refractivity contribution in [2.45, 2.75) is 12.5 Å². The molecule has 0 bridgehead atoms. The van der Waals surface area contributed by atoms with Crippen LogP contribution in [0.2, 0.25) is 0 Å². The highest BCUT2D eigenvalue weighted by atomic mass is 16.3. The minimum Gasteiger partial charge on any atom is -0.508 e. The number of nitriles is 1. The van der Waals surface area contributed by atoms with Gasteiger partial charge in [0.05, 0.1) is 11.6 Å². The van der Waals surface area contributed by atoms with Crippen LogP contribution in [0.5, 0.6) is 5.75 Å². The fraction of sp³-hybridized carbons (Fsp3) is 0.400. The van der Waals surface area contributed by atoms with Crippen molar-refractivity contribution in [2.24, 2.45) is 0 Å². The third-order valence-electron chi connectivity index (χ3n) is 3.50. The molecule has 0 radical (unpaired) electrons. The smallest absolute Gasteiger partial charge is 0.120 e. The summed E-state index contributed by atoms with van der Waals surface area (Å²) in [5.41, 5.74) is 1.40. The van der Waals surface area contributed by atoms with Crippen LogP contribution in [0.3, 0.4) is 0 Å². The van der Waals surface area contributed by atoms with Gasteiger partial charge in [-0.05, 0) is 24.6 Å². The second-order valence-electron chi connectivity index (χ2n) is 4.71. The van der Waals surface area contributed by atoms with Crippen molar-refractivity contribution in [3.8, 4) is 11.8 Å². The lowest BCUT2D eigenvalue weighted by atomic mass is 9.98. The van der Waals surface area contributed by atoms with Gasteiger partial charge in [0.25, 0.3) is 0 Å². The molecule has 4 nitrogen and oxygen atoms in total. The number of rotatable bonds is 4. The van der Waals surface area contributed by atoms with Gasteiger partial charge >= 0.3 is 0 Å². The molecule has 1 atom stereocenters. The van der Waals surface area contributed by atoms with Crippen molar-refractivity contribution in [2.75, 3.05) is 26.2 Å². The number of nitrogens with zero attached hydrogens (tertiary/aromatic N) is 2.